The zero-order valence-corrected chi connectivity index (χ0v) is 9.87. The van der Waals surface area contributed by atoms with Gasteiger partial charge in [-0.1, -0.05) is 49.1 Å². The van der Waals surface area contributed by atoms with Gasteiger partial charge in [0.2, 0.25) is 0 Å². The third-order valence-corrected chi connectivity index (χ3v) is 2.65. The fraction of sp³-hybridized carbons (Fsp3) is 0.125. The molecule has 0 radical (unpaired) electrons. The van der Waals surface area contributed by atoms with Crippen molar-refractivity contribution in [3.8, 4) is 0 Å². The van der Waals surface area contributed by atoms with Crippen LogP contribution in [0, 0.1) is 0 Å². The lowest BCUT2D eigenvalue weighted by molar-refractivity contribution is 1.32. The summed E-state index contributed by atoms with van der Waals surface area (Å²) in [5.74, 6) is 0. The highest BCUT2D eigenvalue weighted by Crippen LogP contribution is 2.33. The van der Waals surface area contributed by atoms with E-state index in [0.717, 1.165) is 6.42 Å². The fourth-order valence-electron chi connectivity index (χ4n) is 1.89. The highest BCUT2D eigenvalue weighted by molar-refractivity contribution is 5.84. The second-order valence-electron chi connectivity index (χ2n) is 3.56. The van der Waals surface area contributed by atoms with Crippen molar-refractivity contribution >= 4 is 11.1 Å². The van der Waals surface area contributed by atoms with Crippen molar-refractivity contribution in [1.82, 2.24) is 0 Å². The quantitative estimate of drug-likeness (QED) is 0.580. The van der Waals surface area contributed by atoms with Crippen molar-refractivity contribution in [2.75, 3.05) is 0 Å². The van der Waals surface area contributed by atoms with Gasteiger partial charge < -0.3 is 0 Å². The van der Waals surface area contributed by atoms with Crippen molar-refractivity contribution in [3.63, 3.8) is 0 Å². The van der Waals surface area contributed by atoms with Gasteiger partial charge in [-0.3, -0.25) is 0 Å². The molecule has 0 heterocycles. The number of hydrogen-bond acceptors (Lipinski definition) is 0. The highest BCUT2D eigenvalue weighted by atomic mass is 14.2. The third kappa shape index (κ3) is 2.40. The molecule has 0 fully saturated rings. The van der Waals surface area contributed by atoms with Gasteiger partial charge in [0, 0.05) is 0 Å². The van der Waals surface area contributed by atoms with Crippen LogP contribution in [-0.4, -0.2) is 0 Å². The van der Waals surface area contributed by atoms with E-state index < -0.39 is 0 Å². The van der Waals surface area contributed by atoms with E-state index in [1.807, 2.05) is 6.08 Å². The molecule has 1 aliphatic rings. The zero-order valence-electron chi connectivity index (χ0n) is 9.87. The number of fused-ring (bicyclic) bond motifs is 1. The van der Waals surface area contributed by atoms with Crippen molar-refractivity contribution < 1.29 is 0 Å². The summed E-state index contributed by atoms with van der Waals surface area (Å²) >= 11 is 0. The molecule has 0 aromatic heterocycles. The van der Waals surface area contributed by atoms with Crippen molar-refractivity contribution in [1.29, 1.82) is 0 Å². The molecule has 0 saturated carbocycles. The minimum Gasteiger partial charge on any atom is -0.106 e. The lowest BCUT2D eigenvalue weighted by atomic mass is 9.88. The van der Waals surface area contributed by atoms with E-state index in [1.54, 1.807) is 0 Å². The number of rotatable bonds is 1. The fourth-order valence-corrected chi connectivity index (χ4v) is 1.89. The van der Waals surface area contributed by atoms with E-state index in [-0.39, 0.29) is 0 Å². The van der Waals surface area contributed by atoms with Crippen LogP contribution in [0.1, 0.15) is 24.5 Å². The lowest BCUT2D eigenvalue weighted by Crippen LogP contribution is -1.96. The molecule has 0 atom stereocenters. The third-order valence-electron chi connectivity index (χ3n) is 2.65. The molecule has 82 valence electrons. The minimum atomic E-state index is 1.02. The first-order chi connectivity index (χ1) is 7.83. The Morgan fingerprint density at radius 1 is 1.12 bits per heavy atom. The topological polar surface area (TPSA) is 0 Å². The van der Waals surface area contributed by atoms with Crippen LogP contribution in [-0.2, 0) is 0 Å². The van der Waals surface area contributed by atoms with Gasteiger partial charge in [-0.25, -0.2) is 0 Å². The summed E-state index contributed by atoms with van der Waals surface area (Å²) in [6, 6.07) is 8.54. The maximum absolute atomic E-state index is 3.75. The summed E-state index contributed by atoms with van der Waals surface area (Å²) in [5, 5.41) is 0. The second kappa shape index (κ2) is 5.92. The predicted molar refractivity (Wildman–Crippen MR) is 74.1 cm³/mol. The average molecular weight is 210 g/mol. The summed E-state index contributed by atoms with van der Waals surface area (Å²) < 4.78 is 0. The monoisotopic (exact) mass is 210 g/mol. The molecular weight excluding hydrogens is 192 g/mol. The molecule has 1 aromatic rings. The van der Waals surface area contributed by atoms with Crippen molar-refractivity contribution in [2.24, 2.45) is 0 Å². The summed E-state index contributed by atoms with van der Waals surface area (Å²) in [6.45, 7) is 11.9. The summed E-state index contributed by atoms with van der Waals surface area (Å²) in [5.41, 5.74) is 5.45. The van der Waals surface area contributed by atoms with Gasteiger partial charge in [0.1, 0.15) is 0 Å². The molecule has 0 N–H and O–H groups in total. The maximum atomic E-state index is 3.75. The summed E-state index contributed by atoms with van der Waals surface area (Å²) in [4.78, 5) is 0. The molecule has 0 unspecified atom stereocenters. The van der Waals surface area contributed by atoms with Gasteiger partial charge >= 0.3 is 0 Å². The van der Waals surface area contributed by atoms with E-state index in [4.69, 9.17) is 0 Å². The largest absolute Gasteiger partial charge is 0.106 e. The second-order valence-corrected chi connectivity index (χ2v) is 3.56. The summed E-state index contributed by atoms with van der Waals surface area (Å²) in [6.07, 6.45) is 7.26. The number of hydrogen-bond donors (Lipinski definition) is 0. The van der Waals surface area contributed by atoms with Crippen molar-refractivity contribution in [2.45, 2.75) is 13.3 Å². The van der Waals surface area contributed by atoms with Crippen LogP contribution >= 0.6 is 0 Å². The molecule has 1 aromatic carbocycles. The molecule has 0 amide bonds. The average Bonchev–Trinajstić information content (AvgIpc) is 2.36. The van der Waals surface area contributed by atoms with Gasteiger partial charge in [-0.2, -0.15) is 0 Å². The molecule has 16 heavy (non-hydrogen) atoms. The molecule has 0 heteroatoms. The Morgan fingerprint density at radius 2 is 1.75 bits per heavy atom. The van der Waals surface area contributed by atoms with Gasteiger partial charge in [0.05, 0.1) is 0 Å². The van der Waals surface area contributed by atoms with Crippen LogP contribution in [0.3, 0.4) is 0 Å². The smallest absolute Gasteiger partial charge is 0.00854 e. The Labute approximate surface area is 98.3 Å². The standard InChI is InChI=1S/C14H14.C2H4/c1-3-6-12-10-9-11(2)13-7-4-5-8-14(12)13;1-2/h3-9H,1,10H2,2H3;1-2H2/b12-6+;. The van der Waals surface area contributed by atoms with E-state index in [0.29, 0.717) is 0 Å². The Hall–Kier alpha value is -1.82. The van der Waals surface area contributed by atoms with Gasteiger partial charge in [-0.05, 0) is 35.6 Å². The highest BCUT2D eigenvalue weighted by Gasteiger charge is 2.11. The molecule has 0 nitrogen and oxygen atoms in total. The van der Waals surface area contributed by atoms with Crippen LogP contribution in [0.4, 0.5) is 0 Å². The molecule has 0 saturated heterocycles. The van der Waals surface area contributed by atoms with Crippen molar-refractivity contribution in [3.05, 3.63) is 73.4 Å². The van der Waals surface area contributed by atoms with Crippen LogP contribution in [0.5, 0.6) is 0 Å². The van der Waals surface area contributed by atoms with Crippen LogP contribution in [0.15, 0.2) is 62.2 Å². The number of allylic oxidation sites excluding steroid dienone is 5. The van der Waals surface area contributed by atoms with Crippen LogP contribution in [0.2, 0.25) is 0 Å². The molecule has 1 aliphatic carbocycles. The molecule has 0 spiro atoms. The van der Waals surface area contributed by atoms with Crippen LogP contribution < -0.4 is 0 Å². The maximum Gasteiger partial charge on any atom is -0.00854 e. The van der Waals surface area contributed by atoms with E-state index in [9.17, 15) is 0 Å². The first-order valence-electron chi connectivity index (χ1n) is 5.41. The lowest BCUT2D eigenvalue weighted by Gasteiger charge is -2.17. The zero-order chi connectivity index (χ0) is 12.0. The Kier molecular flexibility index (Phi) is 4.53. The molecular formula is C16H18. The Bertz CT molecular complexity index is 433. The van der Waals surface area contributed by atoms with E-state index in [2.05, 4.69) is 63.1 Å². The first kappa shape index (κ1) is 12.3. The van der Waals surface area contributed by atoms with Gasteiger partial charge in [-0.15, -0.1) is 13.2 Å². The molecule has 0 bridgehead atoms. The first-order valence-corrected chi connectivity index (χ1v) is 5.41. The predicted octanol–water partition coefficient (Wildman–Crippen LogP) is 4.87. The van der Waals surface area contributed by atoms with Crippen LogP contribution in [0.25, 0.3) is 11.1 Å². The SMILES string of the molecule is C=C.C=C/C=C1\CC=C(C)c2ccccc21. The van der Waals surface area contributed by atoms with Gasteiger partial charge in [0.15, 0.2) is 0 Å². The number of benzene rings is 1. The van der Waals surface area contributed by atoms with Gasteiger partial charge in [0.25, 0.3) is 0 Å². The minimum absolute atomic E-state index is 1.02. The molecule has 2 rings (SSSR count). The molecule has 0 aliphatic heterocycles. The summed E-state index contributed by atoms with van der Waals surface area (Å²) in [7, 11) is 0. The van der Waals surface area contributed by atoms with E-state index >= 15 is 0 Å². The Balaban J connectivity index is 0.000000606. The van der Waals surface area contributed by atoms with E-state index in [1.165, 1.54) is 22.3 Å². The normalized spacial score (nSPS) is 15.6. The Morgan fingerprint density at radius 3 is 2.38 bits per heavy atom.